The Labute approximate surface area is 114 Å². The van der Waals surface area contributed by atoms with E-state index in [2.05, 4.69) is 4.98 Å². The minimum Gasteiger partial charge on any atom is -0.390 e. The fourth-order valence-electron chi connectivity index (χ4n) is 1.55. The number of aliphatic hydroxyl groups excluding tert-OH is 1. The maximum Gasteiger partial charge on any atom is 0.129 e. The fraction of sp³-hybridized carbons (Fsp3) is 0.0833. The Morgan fingerprint density at radius 1 is 1.00 bits per heavy atom. The lowest BCUT2D eigenvalue weighted by Gasteiger charge is -2.09. The zero-order chi connectivity index (χ0) is 12.4. The highest BCUT2D eigenvalue weighted by Crippen LogP contribution is 2.35. The summed E-state index contributed by atoms with van der Waals surface area (Å²) in [5.74, 6) is 0. The molecule has 0 saturated heterocycles. The van der Waals surface area contributed by atoms with Crippen LogP contribution in [0.15, 0.2) is 30.3 Å². The molecule has 0 unspecified atom stereocenters. The van der Waals surface area contributed by atoms with Crippen LogP contribution in [-0.4, -0.2) is 10.1 Å². The molecule has 1 heterocycles. The molecule has 0 saturated carbocycles. The minimum absolute atomic E-state index is 0.210. The summed E-state index contributed by atoms with van der Waals surface area (Å²) in [5, 5.41) is 10.5. The second kappa shape index (κ2) is 5.23. The predicted octanol–water partition coefficient (Wildman–Crippen LogP) is 4.20. The van der Waals surface area contributed by atoms with Gasteiger partial charge in [-0.25, -0.2) is 4.98 Å². The van der Waals surface area contributed by atoms with Crippen molar-refractivity contribution in [1.29, 1.82) is 0 Å². The summed E-state index contributed by atoms with van der Waals surface area (Å²) < 4.78 is 0. The SMILES string of the molecule is OCc1nc(Cl)ccc1-c1cccc(Cl)c1Cl. The molecular weight excluding hydrogens is 280 g/mol. The van der Waals surface area contributed by atoms with Gasteiger partial charge in [-0.15, -0.1) is 0 Å². The second-order valence-corrected chi connectivity index (χ2v) is 4.56. The fourth-order valence-corrected chi connectivity index (χ4v) is 2.12. The van der Waals surface area contributed by atoms with Crippen LogP contribution < -0.4 is 0 Å². The minimum atomic E-state index is -0.210. The molecule has 1 aromatic heterocycles. The molecular formula is C12H8Cl3NO. The highest BCUT2D eigenvalue weighted by molar-refractivity contribution is 6.43. The summed E-state index contributed by atoms with van der Waals surface area (Å²) in [6.07, 6.45) is 0. The molecule has 1 N–H and O–H groups in total. The molecule has 0 aliphatic carbocycles. The molecule has 0 fully saturated rings. The molecule has 2 nitrogen and oxygen atoms in total. The van der Waals surface area contributed by atoms with Crippen LogP contribution in [0.3, 0.4) is 0 Å². The van der Waals surface area contributed by atoms with Gasteiger partial charge >= 0.3 is 0 Å². The lowest BCUT2D eigenvalue weighted by atomic mass is 10.0. The molecule has 0 spiro atoms. The average Bonchev–Trinajstić information content (AvgIpc) is 2.33. The van der Waals surface area contributed by atoms with Crippen LogP contribution in [0.4, 0.5) is 0 Å². The molecule has 0 aliphatic rings. The molecule has 0 amide bonds. The zero-order valence-corrected chi connectivity index (χ0v) is 10.9. The first-order valence-electron chi connectivity index (χ1n) is 4.84. The van der Waals surface area contributed by atoms with Gasteiger partial charge in [0, 0.05) is 11.1 Å². The predicted molar refractivity (Wildman–Crippen MR) is 70.6 cm³/mol. The highest BCUT2D eigenvalue weighted by Gasteiger charge is 2.11. The number of pyridine rings is 1. The van der Waals surface area contributed by atoms with E-state index in [9.17, 15) is 5.11 Å². The van der Waals surface area contributed by atoms with Gasteiger partial charge in [0.05, 0.1) is 22.3 Å². The molecule has 5 heteroatoms. The topological polar surface area (TPSA) is 33.1 Å². The van der Waals surface area contributed by atoms with Gasteiger partial charge < -0.3 is 5.11 Å². The summed E-state index contributed by atoms with van der Waals surface area (Å²) in [6, 6.07) is 8.72. The largest absolute Gasteiger partial charge is 0.390 e. The summed E-state index contributed by atoms with van der Waals surface area (Å²) in [6.45, 7) is -0.210. The lowest BCUT2D eigenvalue weighted by Crippen LogP contribution is -1.94. The van der Waals surface area contributed by atoms with Crippen LogP contribution in [0.5, 0.6) is 0 Å². The van der Waals surface area contributed by atoms with Gasteiger partial charge in [-0.2, -0.15) is 0 Å². The van der Waals surface area contributed by atoms with E-state index in [1.807, 2.05) is 6.07 Å². The molecule has 0 atom stereocenters. The molecule has 2 aromatic rings. The third kappa shape index (κ3) is 2.55. The molecule has 88 valence electrons. The standard InChI is InChI=1S/C12H8Cl3NO/c13-9-3-1-2-8(12(9)15)7-4-5-11(14)16-10(7)6-17/h1-5,17H,6H2. The Kier molecular flexibility index (Phi) is 3.89. The molecule has 2 rings (SSSR count). The Balaban J connectivity index is 2.64. The summed E-state index contributed by atoms with van der Waals surface area (Å²) >= 11 is 17.8. The number of benzene rings is 1. The van der Waals surface area contributed by atoms with Gasteiger partial charge in [-0.3, -0.25) is 0 Å². The van der Waals surface area contributed by atoms with Crippen molar-refractivity contribution in [2.24, 2.45) is 0 Å². The van der Waals surface area contributed by atoms with Gasteiger partial charge in [0.25, 0.3) is 0 Å². The van der Waals surface area contributed by atoms with Crippen LogP contribution in [0.2, 0.25) is 15.2 Å². The molecule has 0 radical (unpaired) electrons. The van der Waals surface area contributed by atoms with E-state index in [1.54, 1.807) is 24.3 Å². The Morgan fingerprint density at radius 2 is 1.76 bits per heavy atom. The molecule has 0 aliphatic heterocycles. The van der Waals surface area contributed by atoms with Crippen molar-refractivity contribution in [1.82, 2.24) is 4.98 Å². The first-order chi connectivity index (χ1) is 8.13. The van der Waals surface area contributed by atoms with Crippen molar-refractivity contribution < 1.29 is 5.11 Å². The first-order valence-corrected chi connectivity index (χ1v) is 5.97. The highest BCUT2D eigenvalue weighted by atomic mass is 35.5. The summed E-state index contributed by atoms with van der Waals surface area (Å²) in [7, 11) is 0. The quantitative estimate of drug-likeness (QED) is 0.840. The Bertz CT molecular complexity index is 557. The van der Waals surface area contributed by atoms with E-state index in [0.717, 1.165) is 11.1 Å². The van der Waals surface area contributed by atoms with Crippen molar-refractivity contribution in [2.45, 2.75) is 6.61 Å². The van der Waals surface area contributed by atoms with Gasteiger partial charge in [-0.05, 0) is 18.2 Å². The average molecular weight is 289 g/mol. The van der Waals surface area contributed by atoms with Crippen molar-refractivity contribution in [3.05, 3.63) is 51.2 Å². The van der Waals surface area contributed by atoms with Crippen molar-refractivity contribution >= 4 is 34.8 Å². The Morgan fingerprint density at radius 3 is 2.47 bits per heavy atom. The summed E-state index contributed by atoms with van der Waals surface area (Å²) in [5.41, 5.74) is 1.93. The van der Waals surface area contributed by atoms with E-state index in [0.29, 0.717) is 20.9 Å². The van der Waals surface area contributed by atoms with E-state index < -0.39 is 0 Å². The molecule has 17 heavy (non-hydrogen) atoms. The summed E-state index contributed by atoms with van der Waals surface area (Å²) in [4.78, 5) is 4.05. The zero-order valence-electron chi connectivity index (χ0n) is 8.62. The van der Waals surface area contributed by atoms with Crippen molar-refractivity contribution in [3.8, 4) is 11.1 Å². The van der Waals surface area contributed by atoms with E-state index >= 15 is 0 Å². The van der Waals surface area contributed by atoms with Crippen LogP contribution in [0, 0.1) is 0 Å². The number of rotatable bonds is 2. The number of hydrogen-bond donors (Lipinski definition) is 1. The van der Waals surface area contributed by atoms with Gasteiger partial charge in [0.2, 0.25) is 0 Å². The lowest BCUT2D eigenvalue weighted by molar-refractivity contribution is 0.277. The third-order valence-electron chi connectivity index (χ3n) is 2.33. The second-order valence-electron chi connectivity index (χ2n) is 3.39. The maximum absolute atomic E-state index is 9.27. The van der Waals surface area contributed by atoms with Crippen LogP contribution in [0.1, 0.15) is 5.69 Å². The maximum atomic E-state index is 9.27. The van der Waals surface area contributed by atoms with Crippen LogP contribution in [-0.2, 0) is 6.61 Å². The van der Waals surface area contributed by atoms with E-state index in [-0.39, 0.29) is 6.61 Å². The number of aromatic nitrogens is 1. The molecule has 0 bridgehead atoms. The third-order valence-corrected chi connectivity index (χ3v) is 3.36. The monoisotopic (exact) mass is 287 g/mol. The molecule has 1 aromatic carbocycles. The van der Waals surface area contributed by atoms with Gasteiger partial charge in [0.15, 0.2) is 0 Å². The van der Waals surface area contributed by atoms with E-state index in [4.69, 9.17) is 34.8 Å². The van der Waals surface area contributed by atoms with E-state index in [1.165, 1.54) is 0 Å². The first kappa shape index (κ1) is 12.7. The van der Waals surface area contributed by atoms with Crippen LogP contribution in [0.25, 0.3) is 11.1 Å². The number of aliphatic hydroxyl groups is 1. The number of halogens is 3. The van der Waals surface area contributed by atoms with Crippen molar-refractivity contribution in [2.75, 3.05) is 0 Å². The Hall–Kier alpha value is -0.800. The van der Waals surface area contributed by atoms with Crippen molar-refractivity contribution in [3.63, 3.8) is 0 Å². The number of hydrogen-bond acceptors (Lipinski definition) is 2. The van der Waals surface area contributed by atoms with Crippen LogP contribution >= 0.6 is 34.8 Å². The number of nitrogens with zero attached hydrogens (tertiary/aromatic N) is 1. The normalized spacial score (nSPS) is 10.6. The van der Waals surface area contributed by atoms with Gasteiger partial charge in [-0.1, -0.05) is 46.9 Å². The smallest absolute Gasteiger partial charge is 0.129 e. The van der Waals surface area contributed by atoms with Gasteiger partial charge in [0.1, 0.15) is 5.15 Å².